The first-order valence-corrected chi connectivity index (χ1v) is 3.63. The van der Waals surface area contributed by atoms with Crippen LogP contribution in [0.1, 0.15) is 4.88 Å². The average Bonchev–Trinajstić information content (AvgIpc) is 2.50. The van der Waals surface area contributed by atoms with Gasteiger partial charge in [0.15, 0.2) is 5.84 Å². The quantitative estimate of drug-likeness (QED) is 0.278. The maximum absolute atomic E-state index is 5.40. The average molecular weight is 172 g/mol. The van der Waals surface area contributed by atoms with Gasteiger partial charge in [-0.1, -0.05) is 11.3 Å². The molecule has 0 saturated carbocycles. The van der Waals surface area contributed by atoms with E-state index in [9.17, 15) is 0 Å². The molecule has 5 nitrogen and oxygen atoms in total. The number of hydrazone groups is 1. The van der Waals surface area contributed by atoms with E-state index in [2.05, 4.69) is 10.1 Å². The first-order chi connectivity index (χ1) is 5.27. The molecule has 6 heteroatoms. The number of nitrogens with two attached hydrogens (primary N) is 2. The number of rotatable bonds is 2. The Kier molecular flexibility index (Phi) is 2.27. The van der Waals surface area contributed by atoms with Crippen molar-refractivity contribution in [2.75, 3.05) is 7.11 Å². The number of aromatic nitrogens is 1. The third-order valence-electron chi connectivity index (χ3n) is 1.05. The van der Waals surface area contributed by atoms with Gasteiger partial charge in [-0.15, -0.1) is 0 Å². The van der Waals surface area contributed by atoms with Gasteiger partial charge >= 0.3 is 0 Å². The molecule has 1 aromatic heterocycles. The van der Waals surface area contributed by atoms with Crippen molar-refractivity contribution in [3.05, 3.63) is 11.1 Å². The molecule has 0 unspecified atom stereocenters. The highest BCUT2D eigenvalue weighted by Gasteiger charge is 2.03. The number of amidine groups is 1. The summed E-state index contributed by atoms with van der Waals surface area (Å²) in [5.74, 6) is 5.23. The Morgan fingerprint density at radius 2 is 2.55 bits per heavy atom. The highest BCUT2D eigenvalue weighted by molar-refractivity contribution is 7.15. The lowest BCUT2D eigenvalue weighted by molar-refractivity contribution is 0.412. The van der Waals surface area contributed by atoms with Crippen LogP contribution in [0.4, 0.5) is 0 Å². The monoisotopic (exact) mass is 172 g/mol. The number of hydrogen-bond donors (Lipinski definition) is 2. The Balaban J connectivity index is 2.89. The van der Waals surface area contributed by atoms with Gasteiger partial charge in [-0.25, -0.2) is 4.98 Å². The van der Waals surface area contributed by atoms with Crippen molar-refractivity contribution in [3.8, 4) is 5.19 Å². The number of methoxy groups -OCH3 is 1. The van der Waals surface area contributed by atoms with E-state index in [-0.39, 0.29) is 5.84 Å². The molecule has 0 spiro atoms. The van der Waals surface area contributed by atoms with Gasteiger partial charge in [0.25, 0.3) is 5.19 Å². The maximum atomic E-state index is 5.40. The van der Waals surface area contributed by atoms with Crippen LogP contribution in [0.2, 0.25) is 0 Å². The summed E-state index contributed by atoms with van der Waals surface area (Å²) in [6, 6.07) is 0. The van der Waals surface area contributed by atoms with E-state index in [0.29, 0.717) is 10.1 Å². The third kappa shape index (κ3) is 1.58. The van der Waals surface area contributed by atoms with Crippen LogP contribution in [0.3, 0.4) is 0 Å². The zero-order valence-corrected chi connectivity index (χ0v) is 6.76. The zero-order valence-electron chi connectivity index (χ0n) is 5.94. The van der Waals surface area contributed by atoms with Crippen LogP contribution >= 0.6 is 11.3 Å². The molecular weight excluding hydrogens is 164 g/mol. The van der Waals surface area contributed by atoms with Crippen molar-refractivity contribution in [2.24, 2.45) is 16.7 Å². The fourth-order valence-corrected chi connectivity index (χ4v) is 1.17. The molecule has 0 aliphatic carbocycles. The summed E-state index contributed by atoms with van der Waals surface area (Å²) >= 11 is 1.30. The van der Waals surface area contributed by atoms with E-state index in [4.69, 9.17) is 16.3 Å². The molecule has 0 amide bonds. The van der Waals surface area contributed by atoms with E-state index in [1.165, 1.54) is 11.3 Å². The number of ether oxygens (including phenoxy) is 1. The molecule has 0 fully saturated rings. The van der Waals surface area contributed by atoms with E-state index in [1.54, 1.807) is 13.3 Å². The van der Waals surface area contributed by atoms with Crippen molar-refractivity contribution in [2.45, 2.75) is 0 Å². The van der Waals surface area contributed by atoms with Gasteiger partial charge in [-0.05, 0) is 0 Å². The second-order valence-corrected chi connectivity index (χ2v) is 2.70. The molecule has 0 aromatic carbocycles. The largest absolute Gasteiger partial charge is 0.473 e. The van der Waals surface area contributed by atoms with Crippen molar-refractivity contribution in [1.82, 2.24) is 4.98 Å². The van der Waals surface area contributed by atoms with Crippen LogP contribution in [0.5, 0.6) is 5.19 Å². The molecule has 0 aliphatic heterocycles. The highest BCUT2D eigenvalue weighted by atomic mass is 32.1. The molecule has 60 valence electrons. The van der Waals surface area contributed by atoms with Gasteiger partial charge in [0.2, 0.25) is 0 Å². The van der Waals surface area contributed by atoms with E-state index in [0.717, 1.165) is 0 Å². The highest BCUT2D eigenvalue weighted by Crippen LogP contribution is 2.18. The predicted molar refractivity (Wildman–Crippen MR) is 43.6 cm³/mol. The Hall–Kier alpha value is -1.30. The van der Waals surface area contributed by atoms with Gasteiger partial charge in [-0.3, -0.25) is 0 Å². The van der Waals surface area contributed by atoms with Gasteiger partial charge in [-0.2, -0.15) is 5.10 Å². The summed E-state index contributed by atoms with van der Waals surface area (Å²) in [7, 11) is 1.54. The lowest BCUT2D eigenvalue weighted by Gasteiger charge is -1.89. The fourth-order valence-electron chi connectivity index (χ4n) is 0.535. The van der Waals surface area contributed by atoms with Crippen LogP contribution in [0.25, 0.3) is 0 Å². The Labute approximate surface area is 67.7 Å². The van der Waals surface area contributed by atoms with E-state index >= 15 is 0 Å². The van der Waals surface area contributed by atoms with E-state index in [1.807, 2.05) is 0 Å². The third-order valence-corrected chi connectivity index (χ3v) is 2.03. The number of thiazole rings is 1. The minimum atomic E-state index is 0.269. The Morgan fingerprint density at radius 3 is 3.00 bits per heavy atom. The second kappa shape index (κ2) is 3.20. The maximum Gasteiger partial charge on any atom is 0.273 e. The first kappa shape index (κ1) is 7.80. The molecule has 1 rings (SSSR count). The molecular formula is C5H8N4OS. The predicted octanol–water partition coefficient (Wildman–Crippen LogP) is -0.269. The minimum absolute atomic E-state index is 0.269. The van der Waals surface area contributed by atoms with E-state index < -0.39 is 0 Å². The molecule has 4 N–H and O–H groups in total. The van der Waals surface area contributed by atoms with Crippen LogP contribution in [-0.4, -0.2) is 17.9 Å². The Bertz CT molecular complexity index is 269. The smallest absolute Gasteiger partial charge is 0.273 e. The first-order valence-electron chi connectivity index (χ1n) is 2.81. The van der Waals surface area contributed by atoms with Gasteiger partial charge in [0.05, 0.1) is 18.2 Å². The van der Waals surface area contributed by atoms with Crippen LogP contribution < -0.4 is 16.3 Å². The lowest BCUT2D eigenvalue weighted by atomic mass is 10.5. The summed E-state index contributed by atoms with van der Waals surface area (Å²) in [4.78, 5) is 4.60. The Morgan fingerprint density at radius 1 is 1.82 bits per heavy atom. The van der Waals surface area contributed by atoms with Gasteiger partial charge in [0, 0.05) is 0 Å². The molecule has 0 radical (unpaired) electrons. The van der Waals surface area contributed by atoms with Crippen molar-refractivity contribution >= 4 is 17.2 Å². The molecule has 1 aromatic rings. The standard InChI is InChI=1S/C5H8N4OS/c1-10-5-8-2-3(11-5)4(6)9-7/h2H,7H2,1H3,(H2,6,9). The molecule has 0 bridgehead atoms. The summed E-state index contributed by atoms with van der Waals surface area (Å²) in [5, 5.41) is 3.86. The summed E-state index contributed by atoms with van der Waals surface area (Å²) < 4.78 is 4.85. The van der Waals surface area contributed by atoms with Crippen molar-refractivity contribution in [3.63, 3.8) is 0 Å². The molecule has 11 heavy (non-hydrogen) atoms. The summed E-state index contributed by atoms with van der Waals surface area (Å²) in [6.07, 6.45) is 1.56. The van der Waals surface area contributed by atoms with Gasteiger partial charge < -0.3 is 16.3 Å². The normalized spacial score (nSPS) is 11.5. The van der Waals surface area contributed by atoms with Crippen molar-refractivity contribution < 1.29 is 4.74 Å². The van der Waals surface area contributed by atoms with Crippen LogP contribution in [0.15, 0.2) is 11.3 Å². The number of nitrogens with zero attached hydrogens (tertiary/aromatic N) is 2. The topological polar surface area (TPSA) is 86.5 Å². The second-order valence-electron chi connectivity index (χ2n) is 1.71. The zero-order chi connectivity index (χ0) is 8.27. The summed E-state index contributed by atoms with van der Waals surface area (Å²) in [6.45, 7) is 0. The molecule has 0 atom stereocenters. The lowest BCUT2D eigenvalue weighted by Crippen LogP contribution is -2.13. The number of hydrogen-bond acceptors (Lipinski definition) is 5. The fraction of sp³-hybridized carbons (Fsp3) is 0.200. The summed E-state index contributed by atoms with van der Waals surface area (Å²) in [5.41, 5.74) is 5.40. The molecule has 1 heterocycles. The van der Waals surface area contributed by atoms with Crippen molar-refractivity contribution in [1.29, 1.82) is 0 Å². The van der Waals surface area contributed by atoms with Crippen LogP contribution in [-0.2, 0) is 0 Å². The minimum Gasteiger partial charge on any atom is -0.473 e. The van der Waals surface area contributed by atoms with Crippen LogP contribution in [0, 0.1) is 0 Å². The van der Waals surface area contributed by atoms with Gasteiger partial charge in [0.1, 0.15) is 0 Å². The molecule has 0 aliphatic rings. The molecule has 0 saturated heterocycles. The SMILES string of the molecule is COc1ncc(/C(N)=N/N)s1.